The fourth-order valence-corrected chi connectivity index (χ4v) is 0.665. The predicted octanol–water partition coefficient (Wildman–Crippen LogP) is 1.92. The molecule has 0 aromatic heterocycles. The van der Waals surface area contributed by atoms with Gasteiger partial charge in [0.05, 0.1) is 6.61 Å². The fraction of sp³-hybridized carbons (Fsp3) is 0.700. The smallest absolute Gasteiger partial charge is 0.335 e. The van der Waals surface area contributed by atoms with Crippen molar-refractivity contribution in [3.05, 3.63) is 12.7 Å². The van der Waals surface area contributed by atoms with Crippen LogP contribution in [0.2, 0.25) is 0 Å². The first kappa shape index (κ1) is 12.2. The zero-order chi connectivity index (χ0) is 10.5. The molecule has 0 saturated heterocycles. The lowest BCUT2D eigenvalue weighted by Crippen LogP contribution is -2.31. The minimum atomic E-state index is -0.530. The number of carbonyl (C=O) groups excluding carboxylic acids is 1. The van der Waals surface area contributed by atoms with Crippen LogP contribution in [0.1, 0.15) is 27.7 Å². The summed E-state index contributed by atoms with van der Waals surface area (Å²) in [5.74, 6) is -0.339. The van der Waals surface area contributed by atoms with E-state index in [1.807, 2.05) is 20.8 Å². The predicted molar refractivity (Wildman–Crippen MR) is 51.5 cm³/mol. The van der Waals surface area contributed by atoms with Crippen molar-refractivity contribution in [2.45, 2.75) is 39.4 Å². The average molecular weight is 186 g/mol. The van der Waals surface area contributed by atoms with E-state index >= 15 is 0 Å². The van der Waals surface area contributed by atoms with Crippen LogP contribution in [0.4, 0.5) is 0 Å². The topological polar surface area (TPSA) is 35.5 Å². The van der Waals surface area contributed by atoms with Crippen LogP contribution in [0.25, 0.3) is 0 Å². The molecule has 3 nitrogen and oxygen atoms in total. The summed E-state index contributed by atoms with van der Waals surface area (Å²) in [5, 5.41) is 0. The Morgan fingerprint density at radius 1 is 1.54 bits per heavy atom. The van der Waals surface area contributed by atoms with Crippen molar-refractivity contribution < 1.29 is 14.3 Å². The minimum Gasteiger partial charge on any atom is -0.458 e. The summed E-state index contributed by atoms with van der Waals surface area (Å²) in [6.07, 6.45) is 1.07. The number of hydrogen-bond acceptors (Lipinski definition) is 3. The highest BCUT2D eigenvalue weighted by Crippen LogP contribution is 2.09. The molecule has 0 amide bonds. The molecular formula is C10H18O3. The summed E-state index contributed by atoms with van der Waals surface area (Å²) in [6.45, 7) is 11.0. The van der Waals surface area contributed by atoms with Gasteiger partial charge in [0.1, 0.15) is 5.60 Å². The van der Waals surface area contributed by atoms with Gasteiger partial charge >= 0.3 is 5.97 Å². The highest BCUT2D eigenvalue weighted by Gasteiger charge is 2.21. The lowest BCUT2D eigenvalue weighted by Gasteiger charge is -2.21. The lowest BCUT2D eigenvalue weighted by atomic mass is 10.2. The van der Waals surface area contributed by atoms with Crippen molar-refractivity contribution in [3.63, 3.8) is 0 Å². The number of carbonyl (C=O) groups is 1. The highest BCUT2D eigenvalue weighted by atomic mass is 16.6. The Hall–Kier alpha value is -0.830. The van der Waals surface area contributed by atoms with Gasteiger partial charge in [-0.15, -0.1) is 6.58 Å². The number of rotatable bonds is 4. The molecule has 0 aliphatic carbocycles. The van der Waals surface area contributed by atoms with Crippen molar-refractivity contribution in [2.75, 3.05) is 6.61 Å². The third kappa shape index (κ3) is 6.34. The van der Waals surface area contributed by atoms with Crippen LogP contribution in [-0.2, 0) is 14.3 Å². The zero-order valence-electron chi connectivity index (χ0n) is 8.79. The second-order valence-corrected chi connectivity index (χ2v) is 3.80. The largest absolute Gasteiger partial charge is 0.458 e. The van der Waals surface area contributed by atoms with Crippen LogP contribution >= 0.6 is 0 Å². The van der Waals surface area contributed by atoms with Gasteiger partial charge in [-0.05, 0) is 27.7 Å². The molecule has 0 unspecified atom stereocenters. The normalized spacial score (nSPS) is 13.5. The van der Waals surface area contributed by atoms with Crippen LogP contribution in [0.15, 0.2) is 12.7 Å². The van der Waals surface area contributed by atoms with E-state index in [2.05, 4.69) is 6.58 Å². The Labute approximate surface area is 79.7 Å². The third-order valence-corrected chi connectivity index (χ3v) is 1.20. The van der Waals surface area contributed by atoms with Crippen LogP contribution in [0.5, 0.6) is 0 Å². The molecule has 0 heterocycles. The molecule has 0 rings (SSSR count). The van der Waals surface area contributed by atoms with E-state index < -0.39 is 11.7 Å². The first-order valence-electron chi connectivity index (χ1n) is 4.32. The van der Waals surface area contributed by atoms with Crippen molar-refractivity contribution in [2.24, 2.45) is 0 Å². The molecule has 0 aromatic rings. The highest BCUT2D eigenvalue weighted by molar-refractivity contribution is 5.74. The second kappa shape index (κ2) is 5.02. The second-order valence-electron chi connectivity index (χ2n) is 3.80. The van der Waals surface area contributed by atoms with Gasteiger partial charge in [-0.1, -0.05) is 6.08 Å². The summed E-state index contributed by atoms with van der Waals surface area (Å²) >= 11 is 0. The standard InChI is InChI=1S/C10H18O3/c1-6-7-12-8(2)9(11)13-10(3,4)5/h6,8H,1,7H2,2-5H3/t8-/m1/s1. The average Bonchev–Trinajstić information content (AvgIpc) is 1.96. The molecule has 0 bridgehead atoms. The van der Waals surface area contributed by atoms with Crippen molar-refractivity contribution in [1.82, 2.24) is 0 Å². The Bertz CT molecular complexity index is 179. The first-order valence-corrected chi connectivity index (χ1v) is 4.32. The molecule has 0 fully saturated rings. The molecule has 0 aliphatic rings. The fourth-order valence-electron chi connectivity index (χ4n) is 0.665. The molecule has 0 radical (unpaired) electrons. The molecule has 3 heteroatoms. The maximum atomic E-state index is 11.3. The van der Waals surface area contributed by atoms with E-state index in [1.165, 1.54) is 0 Å². The Kier molecular flexibility index (Phi) is 4.70. The molecule has 76 valence electrons. The third-order valence-electron chi connectivity index (χ3n) is 1.20. The molecule has 0 saturated carbocycles. The van der Waals surface area contributed by atoms with E-state index in [-0.39, 0.29) is 5.97 Å². The molecule has 0 aliphatic heterocycles. The zero-order valence-corrected chi connectivity index (χ0v) is 8.79. The van der Waals surface area contributed by atoms with Gasteiger partial charge in [-0.25, -0.2) is 4.79 Å². The van der Waals surface area contributed by atoms with Gasteiger partial charge in [0.2, 0.25) is 0 Å². The SMILES string of the molecule is C=CCO[C@H](C)C(=O)OC(C)(C)C. The Balaban J connectivity index is 3.89. The minimum absolute atomic E-state index is 0.339. The van der Waals surface area contributed by atoms with E-state index in [4.69, 9.17) is 9.47 Å². The summed E-state index contributed by atoms with van der Waals surface area (Å²) in [5.41, 5.74) is -0.455. The van der Waals surface area contributed by atoms with Crippen LogP contribution in [-0.4, -0.2) is 24.3 Å². The molecule has 0 aromatic carbocycles. The van der Waals surface area contributed by atoms with E-state index in [0.717, 1.165) is 0 Å². The molecule has 0 N–H and O–H groups in total. The Morgan fingerprint density at radius 2 is 2.08 bits per heavy atom. The van der Waals surface area contributed by atoms with Crippen LogP contribution in [0, 0.1) is 0 Å². The summed E-state index contributed by atoms with van der Waals surface area (Å²) in [6, 6.07) is 0. The quantitative estimate of drug-likeness (QED) is 0.497. The molecular weight excluding hydrogens is 168 g/mol. The Morgan fingerprint density at radius 3 is 2.46 bits per heavy atom. The summed E-state index contributed by atoms with van der Waals surface area (Å²) in [4.78, 5) is 11.3. The van der Waals surface area contributed by atoms with Gasteiger partial charge in [0, 0.05) is 0 Å². The van der Waals surface area contributed by atoms with Gasteiger partial charge in [0.15, 0.2) is 6.10 Å². The maximum Gasteiger partial charge on any atom is 0.335 e. The van der Waals surface area contributed by atoms with Gasteiger partial charge in [-0.2, -0.15) is 0 Å². The van der Waals surface area contributed by atoms with Gasteiger partial charge in [0.25, 0.3) is 0 Å². The monoisotopic (exact) mass is 186 g/mol. The first-order chi connectivity index (χ1) is 5.87. The number of hydrogen-bond donors (Lipinski definition) is 0. The maximum absolute atomic E-state index is 11.3. The van der Waals surface area contributed by atoms with Crippen LogP contribution in [0.3, 0.4) is 0 Å². The van der Waals surface area contributed by atoms with Crippen molar-refractivity contribution in [3.8, 4) is 0 Å². The number of esters is 1. The van der Waals surface area contributed by atoms with Crippen molar-refractivity contribution >= 4 is 5.97 Å². The van der Waals surface area contributed by atoms with Crippen molar-refractivity contribution in [1.29, 1.82) is 0 Å². The summed E-state index contributed by atoms with van der Waals surface area (Å²) < 4.78 is 10.2. The molecule has 13 heavy (non-hydrogen) atoms. The van der Waals surface area contributed by atoms with Gasteiger partial charge < -0.3 is 9.47 Å². The van der Waals surface area contributed by atoms with Crippen LogP contribution < -0.4 is 0 Å². The molecule has 1 atom stereocenters. The van der Waals surface area contributed by atoms with E-state index in [1.54, 1.807) is 13.0 Å². The number of ether oxygens (including phenoxy) is 2. The van der Waals surface area contributed by atoms with Gasteiger partial charge in [-0.3, -0.25) is 0 Å². The van der Waals surface area contributed by atoms with E-state index in [9.17, 15) is 4.79 Å². The summed E-state index contributed by atoms with van der Waals surface area (Å²) in [7, 11) is 0. The van der Waals surface area contributed by atoms with E-state index in [0.29, 0.717) is 6.61 Å². The molecule has 0 spiro atoms. The lowest BCUT2D eigenvalue weighted by molar-refractivity contribution is -0.166.